The number of anilines is 2. The molecule has 3 aromatic rings. The summed E-state index contributed by atoms with van der Waals surface area (Å²) in [5.41, 5.74) is 3.30. The molecule has 0 aliphatic heterocycles. The van der Waals surface area contributed by atoms with Crippen LogP contribution in [0.3, 0.4) is 0 Å². The predicted molar refractivity (Wildman–Crippen MR) is 102 cm³/mol. The standard InChI is InChI=1S/C20H16ClN3O2/c1-24-18-9-12(20(25)26)5-6-15(18)17-11-22-8-7-16(17)19(24)23-14-4-2-3-13(21)10-14/h2-4,7-11H,5-6H2,1H3,(H,25,26)/p+1. The zero-order valence-corrected chi connectivity index (χ0v) is 14.9. The summed E-state index contributed by atoms with van der Waals surface area (Å²) in [7, 11) is 1.94. The van der Waals surface area contributed by atoms with E-state index >= 15 is 0 Å². The second-order valence-electron chi connectivity index (χ2n) is 6.30. The van der Waals surface area contributed by atoms with Gasteiger partial charge in [0.2, 0.25) is 0 Å². The maximum atomic E-state index is 11.4. The topological polar surface area (TPSA) is 66.1 Å². The van der Waals surface area contributed by atoms with Crippen molar-refractivity contribution in [3.63, 3.8) is 0 Å². The fraction of sp³-hybridized carbons (Fsp3) is 0.150. The molecule has 0 spiro atoms. The summed E-state index contributed by atoms with van der Waals surface area (Å²) in [6, 6.07) is 9.47. The van der Waals surface area contributed by atoms with Gasteiger partial charge in [-0.25, -0.2) is 14.7 Å². The Morgan fingerprint density at radius 1 is 1.27 bits per heavy atom. The maximum Gasteiger partial charge on any atom is 0.331 e. The van der Waals surface area contributed by atoms with E-state index in [0.29, 0.717) is 23.4 Å². The highest BCUT2D eigenvalue weighted by Crippen LogP contribution is 2.32. The van der Waals surface area contributed by atoms with Gasteiger partial charge in [-0.1, -0.05) is 17.7 Å². The highest BCUT2D eigenvalue weighted by atomic mass is 35.5. The van der Waals surface area contributed by atoms with E-state index in [4.69, 9.17) is 11.6 Å². The summed E-state index contributed by atoms with van der Waals surface area (Å²) in [6.07, 6.45) is 6.57. The monoisotopic (exact) mass is 366 g/mol. The van der Waals surface area contributed by atoms with Crippen molar-refractivity contribution in [2.24, 2.45) is 7.05 Å². The average Bonchev–Trinajstić information content (AvgIpc) is 2.64. The van der Waals surface area contributed by atoms with Gasteiger partial charge >= 0.3 is 5.97 Å². The summed E-state index contributed by atoms with van der Waals surface area (Å²) in [4.78, 5) is 15.7. The number of carboxylic acids is 1. The molecule has 0 fully saturated rings. The van der Waals surface area contributed by atoms with Crippen molar-refractivity contribution >= 4 is 45.9 Å². The number of halogens is 1. The number of carbonyl (C=O) groups is 1. The normalized spacial score (nSPS) is 13.2. The smallest absolute Gasteiger partial charge is 0.331 e. The molecule has 5 nitrogen and oxygen atoms in total. The Labute approximate surface area is 155 Å². The molecule has 0 unspecified atom stereocenters. The van der Waals surface area contributed by atoms with Gasteiger partial charge < -0.3 is 5.11 Å². The zero-order chi connectivity index (χ0) is 18.3. The van der Waals surface area contributed by atoms with Crippen LogP contribution in [0.1, 0.15) is 17.7 Å². The minimum Gasteiger partial charge on any atom is -0.478 e. The van der Waals surface area contributed by atoms with E-state index in [2.05, 4.69) is 10.3 Å². The maximum absolute atomic E-state index is 11.4. The van der Waals surface area contributed by atoms with Gasteiger partial charge in [-0.2, -0.15) is 0 Å². The highest BCUT2D eigenvalue weighted by molar-refractivity contribution is 6.30. The summed E-state index contributed by atoms with van der Waals surface area (Å²) in [5, 5.41) is 15.5. The van der Waals surface area contributed by atoms with Crippen LogP contribution in [0.4, 0.5) is 11.5 Å². The fourth-order valence-electron chi connectivity index (χ4n) is 3.45. The van der Waals surface area contributed by atoms with Gasteiger partial charge in [0.25, 0.3) is 5.82 Å². The minimum absolute atomic E-state index is 0.421. The van der Waals surface area contributed by atoms with Crippen LogP contribution in [-0.4, -0.2) is 16.1 Å². The Morgan fingerprint density at radius 3 is 2.88 bits per heavy atom. The number of rotatable bonds is 3. The number of hydrogen-bond donors (Lipinski definition) is 2. The third kappa shape index (κ3) is 2.80. The largest absolute Gasteiger partial charge is 0.478 e. The van der Waals surface area contributed by atoms with E-state index < -0.39 is 5.97 Å². The molecule has 2 aromatic heterocycles. The lowest BCUT2D eigenvalue weighted by molar-refractivity contribution is -0.658. The first-order valence-electron chi connectivity index (χ1n) is 8.29. The van der Waals surface area contributed by atoms with Gasteiger partial charge in [-0.15, -0.1) is 0 Å². The van der Waals surface area contributed by atoms with E-state index in [1.807, 2.05) is 48.1 Å². The molecule has 0 saturated heterocycles. The van der Waals surface area contributed by atoms with E-state index in [1.54, 1.807) is 12.3 Å². The predicted octanol–water partition coefficient (Wildman–Crippen LogP) is 3.87. The van der Waals surface area contributed by atoms with Gasteiger partial charge in [0.1, 0.15) is 11.4 Å². The molecule has 1 aliphatic carbocycles. The molecule has 0 radical (unpaired) electrons. The van der Waals surface area contributed by atoms with Crippen molar-refractivity contribution < 1.29 is 14.5 Å². The van der Waals surface area contributed by atoms with Crippen molar-refractivity contribution in [3.05, 3.63) is 64.6 Å². The van der Waals surface area contributed by atoms with Gasteiger partial charge in [-0.05, 0) is 37.1 Å². The number of pyridine rings is 2. The summed E-state index contributed by atoms with van der Waals surface area (Å²) in [5.74, 6) is -0.00223. The number of aliphatic carboxylic acids is 1. The van der Waals surface area contributed by atoms with Crippen LogP contribution < -0.4 is 9.88 Å². The first-order valence-corrected chi connectivity index (χ1v) is 8.67. The quantitative estimate of drug-likeness (QED) is 0.690. The van der Waals surface area contributed by atoms with Crippen LogP contribution in [0.5, 0.6) is 0 Å². The van der Waals surface area contributed by atoms with Crippen LogP contribution in [0, 0.1) is 0 Å². The number of fused-ring (bicyclic) bond motifs is 3. The molecule has 4 rings (SSSR count). The molecular formula is C20H17ClN3O2+. The molecule has 1 aromatic carbocycles. The van der Waals surface area contributed by atoms with Crippen LogP contribution in [0.25, 0.3) is 16.8 Å². The highest BCUT2D eigenvalue weighted by Gasteiger charge is 2.26. The third-order valence-corrected chi connectivity index (χ3v) is 4.96. The number of nitrogens with zero attached hydrogens (tertiary/aromatic N) is 2. The number of carboxylic acid groups (broad SMARTS) is 1. The van der Waals surface area contributed by atoms with Crippen molar-refractivity contribution in [2.75, 3.05) is 5.32 Å². The molecule has 1 aliphatic rings. The van der Waals surface area contributed by atoms with Crippen molar-refractivity contribution in [2.45, 2.75) is 12.8 Å². The van der Waals surface area contributed by atoms with E-state index in [1.165, 1.54) is 0 Å². The van der Waals surface area contributed by atoms with Crippen molar-refractivity contribution in [1.82, 2.24) is 4.98 Å². The van der Waals surface area contributed by atoms with Crippen LogP contribution in [0.15, 0.2) is 48.3 Å². The molecule has 26 heavy (non-hydrogen) atoms. The van der Waals surface area contributed by atoms with Crippen LogP contribution in [0.2, 0.25) is 5.02 Å². The average molecular weight is 367 g/mol. The second-order valence-corrected chi connectivity index (χ2v) is 6.74. The summed E-state index contributed by atoms with van der Waals surface area (Å²) in [6.45, 7) is 0. The molecule has 2 heterocycles. The molecule has 130 valence electrons. The Balaban J connectivity index is 1.96. The van der Waals surface area contributed by atoms with E-state index in [9.17, 15) is 9.90 Å². The number of hydrogen-bond acceptors (Lipinski definition) is 3. The Bertz CT molecular complexity index is 1080. The lowest BCUT2D eigenvalue weighted by Crippen LogP contribution is -2.38. The van der Waals surface area contributed by atoms with Crippen molar-refractivity contribution in [1.29, 1.82) is 0 Å². The molecule has 0 saturated carbocycles. The molecule has 0 bridgehead atoms. The molecule has 6 heteroatoms. The Hall–Kier alpha value is -2.92. The molecule has 0 atom stereocenters. The molecule has 2 N–H and O–H groups in total. The fourth-order valence-corrected chi connectivity index (χ4v) is 3.64. The first kappa shape index (κ1) is 16.5. The minimum atomic E-state index is -0.869. The van der Waals surface area contributed by atoms with Crippen molar-refractivity contribution in [3.8, 4) is 0 Å². The SMILES string of the molecule is C[n+]1c2c(c3cnccc3c1Nc1cccc(Cl)c1)CCC(C(=O)O)=C2. The number of nitrogens with one attached hydrogen (secondary N) is 1. The summed E-state index contributed by atoms with van der Waals surface area (Å²) >= 11 is 6.11. The second kappa shape index (κ2) is 6.42. The Morgan fingerprint density at radius 2 is 2.12 bits per heavy atom. The summed E-state index contributed by atoms with van der Waals surface area (Å²) < 4.78 is 2.00. The van der Waals surface area contributed by atoms with Gasteiger partial charge in [0, 0.05) is 40.0 Å². The number of aromatic nitrogens is 2. The lowest BCUT2D eigenvalue weighted by atomic mass is 9.92. The van der Waals surface area contributed by atoms with Gasteiger partial charge in [0.15, 0.2) is 0 Å². The first-order chi connectivity index (χ1) is 12.5. The van der Waals surface area contributed by atoms with Crippen LogP contribution in [-0.2, 0) is 18.3 Å². The zero-order valence-electron chi connectivity index (χ0n) is 14.2. The molecule has 0 amide bonds. The van der Waals surface area contributed by atoms with Gasteiger partial charge in [-0.3, -0.25) is 4.98 Å². The number of aryl methyl sites for hydroxylation is 1. The molecular weight excluding hydrogens is 350 g/mol. The lowest BCUT2D eigenvalue weighted by Gasteiger charge is -2.19. The number of benzene rings is 1. The third-order valence-electron chi connectivity index (χ3n) is 4.72. The Kier molecular flexibility index (Phi) is 4.09. The van der Waals surface area contributed by atoms with E-state index in [0.717, 1.165) is 33.5 Å². The van der Waals surface area contributed by atoms with Gasteiger partial charge in [0.05, 0.1) is 12.4 Å². The van der Waals surface area contributed by atoms with Crippen LogP contribution >= 0.6 is 11.6 Å². The van der Waals surface area contributed by atoms with E-state index in [-0.39, 0.29) is 0 Å².